The maximum Gasteiger partial charge on any atom is 0.264 e. The predicted molar refractivity (Wildman–Crippen MR) is 115 cm³/mol. The van der Waals surface area contributed by atoms with E-state index in [1.165, 1.54) is 30.3 Å². The lowest BCUT2D eigenvalue weighted by Gasteiger charge is -2.24. The molecule has 0 saturated heterocycles. The predicted octanol–water partition coefficient (Wildman–Crippen LogP) is 5.08. The zero-order valence-corrected chi connectivity index (χ0v) is 18.0. The van der Waals surface area contributed by atoms with Crippen LogP contribution >= 0.6 is 27.5 Å². The first-order valence-electron chi connectivity index (χ1n) is 8.35. The normalized spacial score (nSPS) is 11.1. The Bertz CT molecular complexity index is 1130. The van der Waals surface area contributed by atoms with E-state index in [2.05, 4.69) is 21.2 Å². The van der Waals surface area contributed by atoms with Gasteiger partial charge >= 0.3 is 0 Å². The molecule has 0 aliphatic carbocycles. The first-order valence-corrected chi connectivity index (χ1v) is 11.0. The van der Waals surface area contributed by atoms with Gasteiger partial charge in [-0.2, -0.15) is 0 Å². The summed E-state index contributed by atoms with van der Waals surface area (Å²) in [4.78, 5) is 12.6. The second-order valence-electron chi connectivity index (χ2n) is 5.98. The van der Waals surface area contributed by atoms with Crippen molar-refractivity contribution in [3.8, 4) is 0 Å². The molecule has 5 nitrogen and oxygen atoms in total. The summed E-state index contributed by atoms with van der Waals surface area (Å²) in [6.45, 7) is -0.503. The molecule has 1 amide bonds. The van der Waals surface area contributed by atoms with Crippen LogP contribution in [0.4, 0.5) is 15.8 Å². The van der Waals surface area contributed by atoms with Crippen LogP contribution in [0.1, 0.15) is 0 Å². The summed E-state index contributed by atoms with van der Waals surface area (Å²) in [5.74, 6) is -1.09. The van der Waals surface area contributed by atoms with Crippen LogP contribution < -0.4 is 9.62 Å². The molecule has 150 valence electrons. The molecule has 0 aliphatic rings. The van der Waals surface area contributed by atoms with E-state index in [9.17, 15) is 17.6 Å². The third-order valence-corrected chi connectivity index (χ3v) is 6.96. The molecule has 0 fully saturated rings. The summed E-state index contributed by atoms with van der Waals surface area (Å²) in [6.07, 6.45) is 0. The van der Waals surface area contributed by atoms with E-state index >= 15 is 0 Å². The SMILES string of the molecule is O=C(CN(c1ccc(F)cc1)S(=O)(=O)c1ccccc1)Nc1ccc(Br)c(Cl)c1. The molecule has 29 heavy (non-hydrogen) atoms. The highest BCUT2D eigenvalue weighted by Crippen LogP contribution is 2.26. The van der Waals surface area contributed by atoms with E-state index in [0.29, 0.717) is 15.2 Å². The molecule has 0 saturated carbocycles. The van der Waals surface area contributed by atoms with E-state index < -0.39 is 28.3 Å². The first kappa shape index (κ1) is 21.3. The van der Waals surface area contributed by atoms with Gasteiger partial charge in [-0.05, 0) is 70.5 Å². The maximum absolute atomic E-state index is 13.3. The molecular weight excluding hydrogens is 483 g/mol. The number of amides is 1. The quantitative estimate of drug-likeness (QED) is 0.517. The molecule has 0 aliphatic heterocycles. The van der Waals surface area contributed by atoms with Crippen molar-refractivity contribution in [2.45, 2.75) is 4.90 Å². The van der Waals surface area contributed by atoms with Gasteiger partial charge in [0.25, 0.3) is 10.0 Å². The number of benzene rings is 3. The van der Waals surface area contributed by atoms with E-state index in [-0.39, 0.29) is 10.6 Å². The summed E-state index contributed by atoms with van der Waals surface area (Å²) in [5.41, 5.74) is 0.582. The smallest absolute Gasteiger partial charge is 0.264 e. The molecule has 0 unspecified atom stereocenters. The van der Waals surface area contributed by atoms with E-state index in [1.807, 2.05) is 0 Å². The molecule has 0 radical (unpaired) electrons. The standard InChI is InChI=1S/C20H15BrClFN2O3S/c21-18-11-8-15(12-19(18)22)24-20(26)13-25(16-9-6-14(23)7-10-16)29(27,28)17-4-2-1-3-5-17/h1-12H,13H2,(H,24,26). The fourth-order valence-corrected chi connectivity index (χ4v) is 4.42. The van der Waals surface area contributed by atoms with Crippen LogP contribution in [0.25, 0.3) is 0 Å². The lowest BCUT2D eigenvalue weighted by atomic mass is 10.3. The minimum Gasteiger partial charge on any atom is -0.324 e. The molecule has 3 aromatic rings. The van der Waals surface area contributed by atoms with Crippen LogP contribution in [-0.4, -0.2) is 20.9 Å². The van der Waals surface area contributed by atoms with Gasteiger partial charge in [0.1, 0.15) is 12.4 Å². The van der Waals surface area contributed by atoms with Crippen LogP contribution in [0.15, 0.2) is 82.2 Å². The van der Waals surface area contributed by atoms with Crippen molar-refractivity contribution in [2.75, 3.05) is 16.2 Å². The average Bonchev–Trinajstić information content (AvgIpc) is 2.70. The number of anilines is 2. The largest absolute Gasteiger partial charge is 0.324 e. The Morgan fingerprint density at radius 3 is 2.31 bits per heavy atom. The summed E-state index contributed by atoms with van der Waals surface area (Å²) in [6, 6.07) is 17.4. The first-order chi connectivity index (χ1) is 13.8. The number of hydrogen-bond acceptors (Lipinski definition) is 3. The molecule has 0 spiro atoms. The van der Waals surface area contributed by atoms with E-state index in [0.717, 1.165) is 16.4 Å². The number of hydrogen-bond donors (Lipinski definition) is 1. The number of carbonyl (C=O) groups is 1. The lowest BCUT2D eigenvalue weighted by Crippen LogP contribution is -2.38. The number of sulfonamides is 1. The Labute approximate surface area is 181 Å². The topological polar surface area (TPSA) is 66.5 Å². The highest BCUT2D eigenvalue weighted by Gasteiger charge is 2.27. The van der Waals surface area contributed by atoms with Gasteiger partial charge in [-0.3, -0.25) is 9.10 Å². The Morgan fingerprint density at radius 1 is 1.03 bits per heavy atom. The van der Waals surface area contributed by atoms with Crippen LogP contribution in [0.2, 0.25) is 5.02 Å². The van der Waals surface area contributed by atoms with Crippen LogP contribution in [0, 0.1) is 5.82 Å². The molecular formula is C20H15BrClFN2O3S. The van der Waals surface area contributed by atoms with Gasteiger partial charge in [0.05, 0.1) is 15.6 Å². The van der Waals surface area contributed by atoms with E-state index in [4.69, 9.17) is 11.6 Å². The second kappa shape index (κ2) is 8.94. The van der Waals surface area contributed by atoms with Gasteiger partial charge in [-0.15, -0.1) is 0 Å². The summed E-state index contributed by atoms with van der Waals surface area (Å²) >= 11 is 9.29. The van der Waals surface area contributed by atoms with Crippen LogP contribution in [-0.2, 0) is 14.8 Å². The Kier molecular flexibility index (Phi) is 6.56. The molecule has 0 heterocycles. The Balaban J connectivity index is 1.92. The number of rotatable bonds is 6. The van der Waals surface area contributed by atoms with Crippen LogP contribution in [0.5, 0.6) is 0 Å². The third-order valence-electron chi connectivity index (χ3n) is 3.94. The van der Waals surface area contributed by atoms with Crippen LogP contribution in [0.3, 0.4) is 0 Å². The zero-order chi connectivity index (χ0) is 21.0. The fourth-order valence-electron chi connectivity index (χ4n) is 2.55. The summed E-state index contributed by atoms with van der Waals surface area (Å²) in [7, 11) is -4.05. The number of nitrogens with one attached hydrogen (secondary N) is 1. The van der Waals surface area contributed by atoms with Gasteiger partial charge in [0, 0.05) is 10.2 Å². The fraction of sp³-hybridized carbons (Fsp3) is 0.0500. The van der Waals surface area contributed by atoms with Crippen molar-refractivity contribution in [3.05, 3.63) is 88.1 Å². The number of carbonyl (C=O) groups excluding carboxylic acids is 1. The molecule has 9 heteroatoms. The molecule has 3 rings (SSSR count). The summed E-state index contributed by atoms with van der Waals surface area (Å²) in [5, 5.41) is 3.02. The van der Waals surface area contributed by atoms with Crippen molar-refractivity contribution < 1.29 is 17.6 Å². The molecule has 0 atom stereocenters. The van der Waals surface area contributed by atoms with Crippen molar-refractivity contribution >= 4 is 54.8 Å². The lowest BCUT2D eigenvalue weighted by molar-refractivity contribution is -0.114. The van der Waals surface area contributed by atoms with Crippen molar-refractivity contribution in [2.24, 2.45) is 0 Å². The number of halogens is 3. The Hall–Kier alpha value is -2.42. The van der Waals surface area contributed by atoms with Gasteiger partial charge in [-0.25, -0.2) is 12.8 Å². The highest BCUT2D eigenvalue weighted by molar-refractivity contribution is 9.10. The monoisotopic (exact) mass is 496 g/mol. The van der Waals surface area contributed by atoms with Crippen molar-refractivity contribution in [3.63, 3.8) is 0 Å². The second-order valence-corrected chi connectivity index (χ2v) is 9.10. The molecule has 3 aromatic carbocycles. The zero-order valence-electron chi connectivity index (χ0n) is 14.8. The van der Waals surface area contributed by atoms with Crippen molar-refractivity contribution in [1.29, 1.82) is 0 Å². The highest BCUT2D eigenvalue weighted by atomic mass is 79.9. The number of nitrogens with zero attached hydrogens (tertiary/aromatic N) is 1. The minimum absolute atomic E-state index is 0.0174. The van der Waals surface area contributed by atoms with Crippen molar-refractivity contribution in [1.82, 2.24) is 0 Å². The van der Waals surface area contributed by atoms with Gasteiger partial charge in [0.15, 0.2) is 0 Å². The Morgan fingerprint density at radius 2 is 1.69 bits per heavy atom. The van der Waals surface area contributed by atoms with Gasteiger partial charge in [0.2, 0.25) is 5.91 Å². The third kappa shape index (κ3) is 5.14. The maximum atomic E-state index is 13.3. The molecule has 0 bridgehead atoms. The molecule has 1 N–H and O–H groups in total. The van der Waals surface area contributed by atoms with Gasteiger partial charge < -0.3 is 5.32 Å². The summed E-state index contributed by atoms with van der Waals surface area (Å²) < 4.78 is 41.2. The van der Waals surface area contributed by atoms with Gasteiger partial charge in [-0.1, -0.05) is 29.8 Å². The molecule has 0 aromatic heterocycles. The average molecular weight is 498 g/mol. The van der Waals surface area contributed by atoms with E-state index in [1.54, 1.807) is 30.3 Å². The minimum atomic E-state index is -4.05.